The molecule has 28 heavy (non-hydrogen) atoms. The van der Waals surface area contributed by atoms with Crippen LogP contribution in [-0.4, -0.2) is 30.5 Å². The fraction of sp³-hybridized carbons (Fsp3) is 0.0588. The molecule has 0 spiro atoms. The van der Waals surface area contributed by atoms with E-state index in [1.807, 2.05) is 0 Å². The molecular weight excluding hydrogens is 414 g/mol. The number of benzene rings is 1. The highest BCUT2D eigenvalue weighted by Gasteiger charge is 2.15. The van der Waals surface area contributed by atoms with E-state index in [4.69, 9.17) is 11.6 Å². The maximum Gasteiger partial charge on any atom is 0.257 e. The van der Waals surface area contributed by atoms with Gasteiger partial charge in [-0.15, -0.1) is 0 Å². The summed E-state index contributed by atoms with van der Waals surface area (Å²) < 4.78 is 51.8. The van der Waals surface area contributed by atoms with Crippen molar-refractivity contribution in [2.45, 2.75) is 0 Å². The van der Waals surface area contributed by atoms with Gasteiger partial charge in [-0.25, -0.2) is 22.2 Å². The molecule has 0 atom stereocenters. The van der Waals surface area contributed by atoms with Gasteiger partial charge in [0.2, 0.25) is 10.0 Å². The third kappa shape index (κ3) is 4.84. The number of sulfonamides is 1. The summed E-state index contributed by atoms with van der Waals surface area (Å²) in [5, 5.41) is 2.77. The Bertz CT molecular complexity index is 1160. The Kier molecular flexibility index (Phi) is 5.34. The summed E-state index contributed by atoms with van der Waals surface area (Å²) in [4.78, 5) is 18.8. The number of carbonyl (C=O) groups is 1. The van der Waals surface area contributed by atoms with Crippen LogP contribution in [0.4, 0.5) is 20.2 Å². The quantitative estimate of drug-likeness (QED) is 0.579. The van der Waals surface area contributed by atoms with Crippen molar-refractivity contribution in [3.05, 3.63) is 64.9 Å². The Hall–Kier alpha value is -2.98. The zero-order chi connectivity index (χ0) is 20.5. The smallest absolute Gasteiger partial charge is 0.257 e. The fourth-order valence-corrected chi connectivity index (χ4v) is 3.19. The lowest BCUT2D eigenvalue weighted by Crippen LogP contribution is -2.12. The summed E-state index contributed by atoms with van der Waals surface area (Å²) in [5.41, 5.74) is 0.629. The highest BCUT2D eigenvalue weighted by molar-refractivity contribution is 7.92. The van der Waals surface area contributed by atoms with Gasteiger partial charge in [0.05, 0.1) is 29.4 Å². The zero-order valence-electron chi connectivity index (χ0n) is 14.3. The van der Waals surface area contributed by atoms with Crippen LogP contribution in [0.1, 0.15) is 10.4 Å². The number of aromatic amines is 1. The van der Waals surface area contributed by atoms with Crippen LogP contribution in [0.3, 0.4) is 0 Å². The number of aromatic nitrogens is 2. The van der Waals surface area contributed by atoms with E-state index in [1.54, 1.807) is 0 Å². The van der Waals surface area contributed by atoms with E-state index < -0.39 is 27.6 Å². The van der Waals surface area contributed by atoms with Crippen molar-refractivity contribution in [1.82, 2.24) is 9.97 Å². The van der Waals surface area contributed by atoms with Crippen LogP contribution in [0.25, 0.3) is 11.4 Å². The van der Waals surface area contributed by atoms with Crippen LogP contribution >= 0.6 is 11.6 Å². The molecule has 1 aromatic carbocycles. The van der Waals surface area contributed by atoms with Gasteiger partial charge in [-0.05, 0) is 24.3 Å². The predicted molar refractivity (Wildman–Crippen MR) is 102 cm³/mol. The van der Waals surface area contributed by atoms with E-state index in [9.17, 15) is 22.0 Å². The molecule has 0 saturated carbocycles. The summed E-state index contributed by atoms with van der Waals surface area (Å²) in [7, 11) is -3.52. The van der Waals surface area contributed by atoms with Gasteiger partial charge in [0, 0.05) is 23.0 Å². The molecular formula is C17H13ClF2N4O3S. The lowest BCUT2D eigenvalue weighted by atomic mass is 10.2. The highest BCUT2D eigenvalue weighted by atomic mass is 35.5. The van der Waals surface area contributed by atoms with Crippen LogP contribution in [0.5, 0.6) is 0 Å². The second-order valence-electron chi connectivity index (χ2n) is 5.84. The molecule has 0 bridgehead atoms. The Labute approximate surface area is 163 Å². The molecule has 0 aliphatic carbocycles. The average Bonchev–Trinajstić information content (AvgIpc) is 3.02. The van der Waals surface area contributed by atoms with Gasteiger partial charge >= 0.3 is 0 Å². The molecule has 146 valence electrons. The van der Waals surface area contributed by atoms with Crippen LogP contribution in [0.15, 0.2) is 42.7 Å². The van der Waals surface area contributed by atoms with Gasteiger partial charge in [-0.1, -0.05) is 11.6 Å². The van der Waals surface area contributed by atoms with Crippen molar-refractivity contribution in [3.8, 4) is 11.4 Å². The second kappa shape index (κ2) is 7.56. The summed E-state index contributed by atoms with van der Waals surface area (Å²) in [6, 6.07) is 6.24. The van der Waals surface area contributed by atoms with E-state index in [0.717, 1.165) is 12.5 Å². The predicted octanol–water partition coefficient (Wildman–Crippen LogP) is 3.63. The van der Waals surface area contributed by atoms with Crippen LogP contribution < -0.4 is 10.0 Å². The first kappa shape index (κ1) is 19.8. The van der Waals surface area contributed by atoms with Crippen LogP contribution in [-0.2, 0) is 10.0 Å². The SMILES string of the molecule is CS(=O)(=O)Nc1cc(Cl)cc(NC(=O)c2c[nH]c(-c3ncc(F)cc3F)c2)c1. The molecule has 3 rings (SSSR count). The van der Waals surface area contributed by atoms with Gasteiger partial charge in [-0.2, -0.15) is 0 Å². The fourth-order valence-electron chi connectivity index (χ4n) is 2.41. The van der Waals surface area contributed by atoms with Crippen molar-refractivity contribution in [1.29, 1.82) is 0 Å². The number of halogens is 3. The molecule has 2 aromatic heterocycles. The topological polar surface area (TPSA) is 104 Å². The molecule has 0 radical (unpaired) electrons. The number of hydrogen-bond acceptors (Lipinski definition) is 4. The maximum atomic E-state index is 13.8. The molecule has 0 saturated heterocycles. The average molecular weight is 427 g/mol. The van der Waals surface area contributed by atoms with Gasteiger partial charge in [0.1, 0.15) is 11.5 Å². The van der Waals surface area contributed by atoms with Crippen molar-refractivity contribution >= 4 is 38.9 Å². The van der Waals surface area contributed by atoms with Gasteiger partial charge < -0.3 is 10.3 Å². The number of H-pyrrole nitrogens is 1. The summed E-state index contributed by atoms with van der Waals surface area (Å²) in [5.74, 6) is -2.25. The van der Waals surface area contributed by atoms with Crippen molar-refractivity contribution < 1.29 is 22.0 Å². The van der Waals surface area contributed by atoms with Gasteiger partial charge in [0.15, 0.2) is 5.82 Å². The summed E-state index contributed by atoms with van der Waals surface area (Å²) >= 11 is 5.95. The molecule has 1 amide bonds. The minimum absolute atomic E-state index is 0.136. The van der Waals surface area contributed by atoms with E-state index in [0.29, 0.717) is 6.07 Å². The Morgan fingerprint density at radius 2 is 1.86 bits per heavy atom. The molecule has 3 aromatic rings. The first-order valence-corrected chi connectivity index (χ1v) is 9.97. The molecule has 7 nitrogen and oxygen atoms in total. The summed E-state index contributed by atoms with van der Waals surface area (Å²) in [6.07, 6.45) is 3.17. The number of nitrogens with one attached hydrogen (secondary N) is 3. The standard InChI is InChI=1S/C17H13ClF2N4O3S/c1-28(26,27)24-13-4-10(18)3-12(6-13)23-17(25)9-2-15(21-7-9)16-14(20)5-11(19)8-22-16/h2-8,21,24H,1H3,(H,23,25). The maximum absolute atomic E-state index is 13.8. The number of nitrogens with zero attached hydrogens (tertiary/aromatic N) is 1. The van der Waals surface area contributed by atoms with E-state index in [1.165, 1.54) is 30.5 Å². The molecule has 3 N–H and O–H groups in total. The lowest BCUT2D eigenvalue weighted by molar-refractivity contribution is 0.102. The van der Waals surface area contributed by atoms with Crippen LogP contribution in [0, 0.1) is 11.6 Å². The Morgan fingerprint density at radius 3 is 2.54 bits per heavy atom. The third-order valence-electron chi connectivity index (χ3n) is 3.47. The van der Waals surface area contributed by atoms with Crippen molar-refractivity contribution in [3.63, 3.8) is 0 Å². The molecule has 2 heterocycles. The largest absolute Gasteiger partial charge is 0.359 e. The second-order valence-corrected chi connectivity index (χ2v) is 8.03. The van der Waals surface area contributed by atoms with Crippen molar-refractivity contribution in [2.24, 2.45) is 0 Å². The number of pyridine rings is 1. The Balaban J connectivity index is 1.81. The molecule has 11 heteroatoms. The van der Waals surface area contributed by atoms with E-state index >= 15 is 0 Å². The van der Waals surface area contributed by atoms with Crippen molar-refractivity contribution in [2.75, 3.05) is 16.3 Å². The molecule has 0 fully saturated rings. The first-order valence-electron chi connectivity index (χ1n) is 7.70. The number of amides is 1. The molecule has 0 unspecified atom stereocenters. The number of rotatable bonds is 5. The monoisotopic (exact) mass is 426 g/mol. The molecule has 0 aliphatic rings. The van der Waals surface area contributed by atoms with E-state index in [-0.39, 0.29) is 33.3 Å². The molecule has 0 aliphatic heterocycles. The van der Waals surface area contributed by atoms with Gasteiger partial charge in [0.25, 0.3) is 5.91 Å². The normalized spacial score (nSPS) is 11.3. The lowest BCUT2D eigenvalue weighted by Gasteiger charge is -2.09. The Morgan fingerprint density at radius 1 is 1.14 bits per heavy atom. The van der Waals surface area contributed by atoms with E-state index in [2.05, 4.69) is 20.0 Å². The number of hydrogen-bond donors (Lipinski definition) is 3. The number of carbonyl (C=O) groups excluding carboxylic acids is 1. The summed E-state index contributed by atoms with van der Waals surface area (Å²) in [6.45, 7) is 0. The highest BCUT2D eigenvalue weighted by Crippen LogP contribution is 2.25. The van der Waals surface area contributed by atoms with Crippen LogP contribution in [0.2, 0.25) is 5.02 Å². The minimum Gasteiger partial charge on any atom is -0.359 e. The zero-order valence-corrected chi connectivity index (χ0v) is 15.8. The minimum atomic E-state index is -3.52. The number of anilines is 2. The first-order chi connectivity index (χ1) is 13.1. The van der Waals surface area contributed by atoms with Gasteiger partial charge in [-0.3, -0.25) is 9.52 Å². The third-order valence-corrected chi connectivity index (χ3v) is 4.29.